The van der Waals surface area contributed by atoms with Gasteiger partial charge in [-0.25, -0.2) is 9.97 Å². The molecule has 2 nitrogen and oxygen atoms in total. The molecular formula is C59H36N2. The van der Waals surface area contributed by atoms with E-state index in [2.05, 4.69) is 206 Å². The van der Waals surface area contributed by atoms with Gasteiger partial charge in [0.2, 0.25) is 0 Å². The summed E-state index contributed by atoms with van der Waals surface area (Å²) in [6, 6.07) is 79.8. The highest BCUT2D eigenvalue weighted by Crippen LogP contribution is 2.63. The Labute approximate surface area is 354 Å². The number of hydrogen-bond acceptors (Lipinski definition) is 2. The normalized spacial score (nSPS) is 13.0. The first-order valence-corrected chi connectivity index (χ1v) is 21.1. The average Bonchev–Trinajstić information content (AvgIpc) is 3.81. The number of nitrogens with zero attached hydrogens (tertiary/aromatic N) is 2. The van der Waals surface area contributed by atoms with Gasteiger partial charge in [-0.05, 0) is 106 Å². The van der Waals surface area contributed by atoms with E-state index in [-0.39, 0.29) is 0 Å². The molecule has 0 aliphatic heterocycles. The first-order valence-electron chi connectivity index (χ1n) is 21.1. The van der Waals surface area contributed by atoms with Gasteiger partial charge in [0.05, 0.1) is 16.8 Å². The molecule has 1 spiro atoms. The fourth-order valence-corrected chi connectivity index (χ4v) is 10.7. The van der Waals surface area contributed by atoms with E-state index >= 15 is 0 Å². The molecule has 0 atom stereocenters. The summed E-state index contributed by atoms with van der Waals surface area (Å²) in [5, 5.41) is 7.35. The van der Waals surface area contributed by atoms with Crippen LogP contribution in [-0.2, 0) is 5.41 Å². The van der Waals surface area contributed by atoms with Crippen LogP contribution in [0.5, 0.6) is 0 Å². The molecule has 0 N–H and O–H groups in total. The van der Waals surface area contributed by atoms with Gasteiger partial charge in [0.15, 0.2) is 5.82 Å². The minimum atomic E-state index is -0.417. The number of fused-ring (bicyclic) bond motifs is 16. The topological polar surface area (TPSA) is 25.8 Å². The van der Waals surface area contributed by atoms with Gasteiger partial charge >= 0.3 is 0 Å². The van der Waals surface area contributed by atoms with E-state index in [9.17, 15) is 0 Å². The third kappa shape index (κ3) is 4.85. The number of hydrogen-bond donors (Lipinski definition) is 0. The van der Waals surface area contributed by atoms with Gasteiger partial charge in [0, 0.05) is 16.7 Å². The molecule has 1 heterocycles. The SMILES string of the molecule is c1ccc(-c2cc(-c3ccccc3)nc(-c3ccc4c5ccccc5c5cccc(-c6ccc7c(c6)C6(c8ccccc8-c8ccccc86)c6ccccc6-7)c5c4c3)n2)cc1. The molecule has 0 amide bonds. The van der Waals surface area contributed by atoms with Gasteiger partial charge in [-0.3, -0.25) is 0 Å². The van der Waals surface area contributed by atoms with Crippen LogP contribution in [0.15, 0.2) is 218 Å². The molecule has 0 bridgehead atoms. The Kier molecular flexibility index (Phi) is 7.26. The Morgan fingerprint density at radius 1 is 0.262 bits per heavy atom. The number of rotatable bonds is 4. The van der Waals surface area contributed by atoms with Crippen LogP contribution in [0.2, 0.25) is 0 Å². The van der Waals surface area contributed by atoms with Crippen LogP contribution in [0.1, 0.15) is 22.3 Å². The summed E-state index contributed by atoms with van der Waals surface area (Å²) in [7, 11) is 0. The Balaban J connectivity index is 1.08. The number of benzene rings is 10. The molecule has 13 rings (SSSR count). The van der Waals surface area contributed by atoms with Crippen LogP contribution in [-0.4, -0.2) is 9.97 Å². The second kappa shape index (κ2) is 13.0. The summed E-state index contributed by atoms with van der Waals surface area (Å²) in [6.07, 6.45) is 0. The molecule has 1 aromatic heterocycles. The maximum absolute atomic E-state index is 5.25. The lowest BCUT2D eigenvalue weighted by molar-refractivity contribution is 0.794. The zero-order valence-electron chi connectivity index (χ0n) is 33.2. The molecular weight excluding hydrogens is 737 g/mol. The fraction of sp³-hybridized carbons (Fsp3) is 0.0169. The molecule has 2 heteroatoms. The van der Waals surface area contributed by atoms with Gasteiger partial charge in [0.25, 0.3) is 0 Å². The third-order valence-corrected chi connectivity index (χ3v) is 13.3. The van der Waals surface area contributed by atoms with Crippen molar-refractivity contribution in [3.63, 3.8) is 0 Å². The summed E-state index contributed by atoms with van der Waals surface area (Å²) in [5.74, 6) is 0.705. The van der Waals surface area contributed by atoms with E-state index in [4.69, 9.17) is 9.97 Å². The quantitative estimate of drug-likeness (QED) is 0.167. The highest BCUT2D eigenvalue weighted by Gasteiger charge is 2.51. The van der Waals surface area contributed by atoms with Gasteiger partial charge in [-0.2, -0.15) is 0 Å². The van der Waals surface area contributed by atoms with Gasteiger partial charge in [-0.15, -0.1) is 0 Å². The molecule has 0 saturated heterocycles. The largest absolute Gasteiger partial charge is 0.228 e. The van der Waals surface area contributed by atoms with Crippen LogP contribution < -0.4 is 0 Å². The molecule has 61 heavy (non-hydrogen) atoms. The van der Waals surface area contributed by atoms with Gasteiger partial charge in [-0.1, -0.05) is 200 Å². The van der Waals surface area contributed by atoms with Crippen molar-refractivity contribution in [1.29, 1.82) is 0 Å². The van der Waals surface area contributed by atoms with Crippen molar-refractivity contribution in [3.05, 3.63) is 241 Å². The van der Waals surface area contributed by atoms with Crippen LogP contribution in [0, 0.1) is 0 Å². The Morgan fingerprint density at radius 2 is 0.721 bits per heavy atom. The van der Waals surface area contributed by atoms with E-state index in [1.807, 2.05) is 12.1 Å². The smallest absolute Gasteiger partial charge is 0.160 e. The summed E-state index contributed by atoms with van der Waals surface area (Å²) in [4.78, 5) is 10.5. The van der Waals surface area contributed by atoms with Crippen LogP contribution in [0.3, 0.4) is 0 Å². The van der Waals surface area contributed by atoms with Crippen molar-refractivity contribution in [2.45, 2.75) is 5.41 Å². The van der Waals surface area contributed by atoms with E-state index in [1.165, 1.54) is 88.0 Å². The average molecular weight is 773 g/mol. The van der Waals surface area contributed by atoms with E-state index in [1.54, 1.807) is 0 Å². The molecule has 11 aromatic rings. The molecule has 0 unspecified atom stereocenters. The molecule has 2 aliphatic carbocycles. The summed E-state index contributed by atoms with van der Waals surface area (Å²) in [6.45, 7) is 0. The van der Waals surface area contributed by atoms with Crippen molar-refractivity contribution in [3.8, 4) is 67.3 Å². The van der Waals surface area contributed by atoms with Crippen LogP contribution in [0.25, 0.3) is 99.6 Å². The zero-order valence-corrected chi connectivity index (χ0v) is 33.2. The molecule has 0 fully saturated rings. The highest BCUT2D eigenvalue weighted by molar-refractivity contribution is 6.29. The van der Waals surface area contributed by atoms with E-state index < -0.39 is 5.41 Å². The first-order chi connectivity index (χ1) is 30.3. The predicted octanol–water partition coefficient (Wildman–Crippen LogP) is 14.9. The second-order valence-electron chi connectivity index (χ2n) is 16.4. The Morgan fingerprint density at radius 3 is 1.33 bits per heavy atom. The highest BCUT2D eigenvalue weighted by atomic mass is 14.9. The minimum absolute atomic E-state index is 0.417. The van der Waals surface area contributed by atoms with Crippen molar-refractivity contribution in [2.75, 3.05) is 0 Å². The molecule has 0 saturated carbocycles. The van der Waals surface area contributed by atoms with Crippen molar-refractivity contribution in [1.82, 2.24) is 9.97 Å². The van der Waals surface area contributed by atoms with Gasteiger partial charge < -0.3 is 0 Å². The Hall–Kier alpha value is -7.94. The van der Waals surface area contributed by atoms with Crippen LogP contribution in [0.4, 0.5) is 0 Å². The van der Waals surface area contributed by atoms with E-state index in [0.717, 1.165) is 28.1 Å². The number of aromatic nitrogens is 2. The van der Waals surface area contributed by atoms with Crippen LogP contribution >= 0.6 is 0 Å². The maximum Gasteiger partial charge on any atom is 0.160 e. The molecule has 10 aromatic carbocycles. The maximum atomic E-state index is 5.25. The summed E-state index contributed by atoms with van der Waals surface area (Å²) < 4.78 is 0. The van der Waals surface area contributed by atoms with Crippen molar-refractivity contribution >= 4 is 32.3 Å². The monoisotopic (exact) mass is 772 g/mol. The summed E-state index contributed by atoms with van der Waals surface area (Å²) in [5.41, 5.74) is 17.5. The molecule has 282 valence electrons. The lowest BCUT2D eigenvalue weighted by atomic mass is 9.70. The lowest BCUT2D eigenvalue weighted by Gasteiger charge is -2.30. The summed E-state index contributed by atoms with van der Waals surface area (Å²) >= 11 is 0. The zero-order chi connectivity index (χ0) is 40.1. The van der Waals surface area contributed by atoms with Gasteiger partial charge in [0.1, 0.15) is 0 Å². The minimum Gasteiger partial charge on any atom is -0.228 e. The lowest BCUT2D eigenvalue weighted by Crippen LogP contribution is -2.25. The van der Waals surface area contributed by atoms with Crippen molar-refractivity contribution < 1.29 is 0 Å². The predicted molar refractivity (Wildman–Crippen MR) is 253 cm³/mol. The first kappa shape index (κ1) is 34.0. The fourth-order valence-electron chi connectivity index (χ4n) is 10.7. The molecule has 2 aliphatic rings. The van der Waals surface area contributed by atoms with Crippen molar-refractivity contribution in [2.24, 2.45) is 0 Å². The standard InChI is InChI=1S/C59H36N2/c1-3-16-37(17-4-1)55-36-56(38-18-5-2-6-19-38)61-58(60-55)40-31-32-44-42-20-7-8-21-43(42)49-26-15-25-41(57(49)50(44)34-40)39-30-33-48-47-24-11-14-29-53(47)59(54(48)35-39)51-27-12-9-22-45(51)46-23-10-13-28-52(46)59/h1-36H. The Bertz CT molecular complexity index is 3470. The molecule has 0 radical (unpaired) electrons. The van der Waals surface area contributed by atoms with E-state index in [0.29, 0.717) is 5.82 Å². The second-order valence-corrected chi connectivity index (χ2v) is 16.4. The third-order valence-electron chi connectivity index (χ3n) is 13.3.